The number of aryl methyl sites for hydroxylation is 1. The Hall–Kier alpha value is -2.31. The molecule has 0 unspecified atom stereocenters. The van der Waals surface area contributed by atoms with E-state index < -0.39 is 5.60 Å². The van der Waals surface area contributed by atoms with Gasteiger partial charge in [-0.15, -0.1) is 11.3 Å². The molecule has 0 aliphatic heterocycles. The summed E-state index contributed by atoms with van der Waals surface area (Å²) in [5, 5.41) is 14.8. The van der Waals surface area contributed by atoms with Crippen LogP contribution in [0.15, 0.2) is 36.7 Å². The first kappa shape index (κ1) is 19.6. The average Bonchev–Trinajstić information content (AvgIpc) is 3.23. The monoisotopic (exact) mass is 420 g/mol. The first-order valence-electron chi connectivity index (χ1n) is 11.0. The van der Waals surface area contributed by atoms with Crippen LogP contribution in [0.3, 0.4) is 0 Å². The van der Waals surface area contributed by atoms with Crippen LogP contribution in [0.5, 0.6) is 0 Å². The van der Waals surface area contributed by atoms with Crippen molar-refractivity contribution in [2.24, 2.45) is 0 Å². The molecule has 2 aliphatic rings. The summed E-state index contributed by atoms with van der Waals surface area (Å²) in [5.74, 6) is 1.21. The Kier molecular flexibility index (Phi) is 5.29. The van der Waals surface area contributed by atoms with Crippen molar-refractivity contribution in [3.8, 4) is 10.4 Å². The van der Waals surface area contributed by atoms with Gasteiger partial charge < -0.3 is 10.4 Å². The zero-order chi connectivity index (χ0) is 20.6. The maximum Gasteiger partial charge on any atom is 0.227 e. The number of nitrogens with one attached hydrogen (secondary N) is 1. The summed E-state index contributed by atoms with van der Waals surface area (Å²) in [6.07, 6.45) is 12.8. The molecule has 0 spiro atoms. The topological polar surface area (TPSA) is 70.9 Å². The molecule has 0 atom stereocenters. The molecular formula is C24H28N4OS. The number of nitrogens with zero attached hydrogens (tertiary/aromatic N) is 3. The molecule has 6 heteroatoms. The zero-order valence-electron chi connectivity index (χ0n) is 17.4. The maximum atomic E-state index is 10.6. The van der Waals surface area contributed by atoms with Crippen LogP contribution in [0.2, 0.25) is 0 Å². The lowest BCUT2D eigenvalue weighted by molar-refractivity contribution is -0.0389. The first-order valence-corrected chi connectivity index (χ1v) is 11.8. The number of hydrogen-bond acceptors (Lipinski definition) is 6. The van der Waals surface area contributed by atoms with Crippen molar-refractivity contribution in [2.45, 2.75) is 69.8 Å². The van der Waals surface area contributed by atoms with Gasteiger partial charge in [0.05, 0.1) is 4.88 Å². The van der Waals surface area contributed by atoms with Crippen molar-refractivity contribution in [1.29, 1.82) is 0 Å². The summed E-state index contributed by atoms with van der Waals surface area (Å²) in [5.41, 5.74) is 3.69. The largest absolute Gasteiger partial charge is 0.383 e. The van der Waals surface area contributed by atoms with E-state index in [1.165, 1.54) is 32.1 Å². The van der Waals surface area contributed by atoms with Gasteiger partial charge in [0.1, 0.15) is 10.6 Å². The van der Waals surface area contributed by atoms with Crippen LogP contribution in [-0.4, -0.2) is 20.1 Å². The van der Waals surface area contributed by atoms with Crippen LogP contribution in [0.1, 0.15) is 73.5 Å². The molecule has 2 aromatic heterocycles. The first-order chi connectivity index (χ1) is 14.6. The number of benzene rings is 1. The zero-order valence-corrected chi connectivity index (χ0v) is 18.2. The molecule has 5 rings (SSSR count). The molecule has 2 saturated carbocycles. The molecule has 0 radical (unpaired) electrons. The SMILES string of the molecule is Cc1cc(Nc2nccc(C3CCCCC3)n2)cc(-c2cnc(C3(O)CCC3)s2)c1. The Labute approximate surface area is 181 Å². The number of thiazole rings is 1. The normalized spacial score (nSPS) is 18.7. The van der Waals surface area contributed by atoms with Gasteiger partial charge in [-0.3, -0.25) is 0 Å². The second kappa shape index (κ2) is 8.08. The Bertz CT molecular complexity index is 1040. The number of rotatable bonds is 5. The lowest BCUT2D eigenvalue weighted by Crippen LogP contribution is -2.33. The molecule has 3 aromatic rings. The van der Waals surface area contributed by atoms with E-state index >= 15 is 0 Å². The minimum atomic E-state index is -0.707. The third-order valence-corrected chi connectivity index (χ3v) is 7.64. The second-order valence-electron chi connectivity index (χ2n) is 8.77. The van der Waals surface area contributed by atoms with Gasteiger partial charge in [0.15, 0.2) is 0 Å². The van der Waals surface area contributed by atoms with E-state index in [9.17, 15) is 5.11 Å². The molecule has 5 nitrogen and oxygen atoms in total. The summed E-state index contributed by atoms with van der Waals surface area (Å²) in [4.78, 5) is 14.9. The number of aliphatic hydroxyl groups is 1. The van der Waals surface area contributed by atoms with E-state index in [2.05, 4.69) is 46.5 Å². The highest BCUT2D eigenvalue weighted by Gasteiger charge is 2.39. The van der Waals surface area contributed by atoms with Gasteiger partial charge in [-0.1, -0.05) is 25.3 Å². The van der Waals surface area contributed by atoms with E-state index in [0.29, 0.717) is 11.9 Å². The maximum absolute atomic E-state index is 10.6. The van der Waals surface area contributed by atoms with Gasteiger partial charge in [-0.2, -0.15) is 0 Å². The predicted octanol–water partition coefficient (Wildman–Crippen LogP) is 6.07. The lowest BCUT2D eigenvalue weighted by atomic mass is 9.81. The van der Waals surface area contributed by atoms with Crippen LogP contribution in [0, 0.1) is 6.92 Å². The van der Waals surface area contributed by atoms with Gasteiger partial charge in [0.2, 0.25) is 5.95 Å². The van der Waals surface area contributed by atoms with Crippen molar-refractivity contribution < 1.29 is 5.11 Å². The summed E-state index contributed by atoms with van der Waals surface area (Å²) >= 11 is 1.59. The summed E-state index contributed by atoms with van der Waals surface area (Å²) in [7, 11) is 0. The number of anilines is 2. The van der Waals surface area contributed by atoms with Crippen molar-refractivity contribution in [3.63, 3.8) is 0 Å². The van der Waals surface area contributed by atoms with Gasteiger partial charge in [0.25, 0.3) is 0 Å². The molecule has 2 aliphatic carbocycles. The molecular weight excluding hydrogens is 392 g/mol. The number of hydrogen-bond donors (Lipinski definition) is 2. The van der Waals surface area contributed by atoms with Gasteiger partial charge >= 0.3 is 0 Å². The Balaban J connectivity index is 1.38. The van der Waals surface area contributed by atoms with E-state index in [1.54, 1.807) is 11.3 Å². The predicted molar refractivity (Wildman–Crippen MR) is 121 cm³/mol. The van der Waals surface area contributed by atoms with E-state index in [1.807, 2.05) is 12.4 Å². The fourth-order valence-electron chi connectivity index (χ4n) is 4.53. The molecule has 156 valence electrons. The molecule has 2 heterocycles. The minimum absolute atomic E-state index is 0.559. The standard InChI is InChI=1S/C24H28N4OS/c1-16-12-18(21-15-26-22(30-21)24(29)9-5-10-24)14-19(13-16)27-23-25-11-8-20(28-23)17-6-3-2-4-7-17/h8,11-15,17,29H,2-7,9-10H2,1H3,(H,25,27,28). The molecule has 30 heavy (non-hydrogen) atoms. The fourth-order valence-corrected chi connectivity index (χ4v) is 5.58. The van der Waals surface area contributed by atoms with Crippen molar-refractivity contribution in [1.82, 2.24) is 15.0 Å². The molecule has 0 saturated heterocycles. The van der Waals surface area contributed by atoms with Crippen LogP contribution in [0.4, 0.5) is 11.6 Å². The summed E-state index contributed by atoms with van der Waals surface area (Å²) in [6.45, 7) is 2.09. The number of aromatic nitrogens is 3. The second-order valence-corrected chi connectivity index (χ2v) is 9.80. The highest BCUT2D eigenvalue weighted by Crippen LogP contribution is 2.44. The molecule has 1 aromatic carbocycles. The van der Waals surface area contributed by atoms with Crippen molar-refractivity contribution in [2.75, 3.05) is 5.32 Å². The van der Waals surface area contributed by atoms with Crippen LogP contribution < -0.4 is 5.32 Å². The van der Waals surface area contributed by atoms with Gasteiger partial charge in [0, 0.05) is 29.7 Å². The smallest absolute Gasteiger partial charge is 0.227 e. The molecule has 2 fully saturated rings. The van der Waals surface area contributed by atoms with Crippen LogP contribution >= 0.6 is 11.3 Å². The van der Waals surface area contributed by atoms with Crippen LogP contribution in [-0.2, 0) is 5.60 Å². The Morgan fingerprint density at radius 2 is 1.90 bits per heavy atom. The van der Waals surface area contributed by atoms with Crippen LogP contribution in [0.25, 0.3) is 10.4 Å². The van der Waals surface area contributed by atoms with Gasteiger partial charge in [-0.25, -0.2) is 15.0 Å². The molecule has 2 N–H and O–H groups in total. The summed E-state index contributed by atoms with van der Waals surface area (Å²) < 4.78 is 0. The van der Waals surface area contributed by atoms with E-state index in [4.69, 9.17) is 4.98 Å². The van der Waals surface area contributed by atoms with E-state index in [0.717, 1.165) is 51.7 Å². The third-order valence-electron chi connectivity index (χ3n) is 6.40. The summed E-state index contributed by atoms with van der Waals surface area (Å²) in [6, 6.07) is 8.45. The highest BCUT2D eigenvalue weighted by atomic mass is 32.1. The molecule has 0 bridgehead atoms. The van der Waals surface area contributed by atoms with Crippen molar-refractivity contribution >= 4 is 23.0 Å². The molecule has 0 amide bonds. The lowest BCUT2D eigenvalue weighted by Gasteiger charge is -2.34. The Morgan fingerprint density at radius 1 is 1.07 bits per heavy atom. The Morgan fingerprint density at radius 3 is 2.67 bits per heavy atom. The average molecular weight is 421 g/mol. The van der Waals surface area contributed by atoms with Gasteiger partial charge in [-0.05, 0) is 68.4 Å². The van der Waals surface area contributed by atoms with Crippen molar-refractivity contribution in [3.05, 3.63) is 52.9 Å². The van der Waals surface area contributed by atoms with E-state index in [-0.39, 0.29) is 0 Å². The quantitative estimate of drug-likeness (QED) is 0.524. The fraction of sp³-hybridized carbons (Fsp3) is 0.458. The minimum Gasteiger partial charge on any atom is -0.383 e. The third kappa shape index (κ3) is 3.98. The highest BCUT2D eigenvalue weighted by molar-refractivity contribution is 7.15.